The first-order valence-corrected chi connectivity index (χ1v) is 6.36. The second kappa shape index (κ2) is 4.52. The molecule has 4 aromatic rings. The lowest BCUT2D eigenvalue weighted by Gasteiger charge is -1.98. The van der Waals surface area contributed by atoms with Crippen molar-refractivity contribution < 1.29 is 4.52 Å². The van der Waals surface area contributed by atoms with Crippen molar-refractivity contribution in [2.24, 2.45) is 0 Å². The quantitative estimate of drug-likeness (QED) is 0.563. The van der Waals surface area contributed by atoms with E-state index in [1.165, 1.54) is 0 Å². The van der Waals surface area contributed by atoms with Gasteiger partial charge in [-0.25, -0.2) is 9.50 Å². The fourth-order valence-electron chi connectivity index (χ4n) is 2.16. The van der Waals surface area contributed by atoms with Gasteiger partial charge in [-0.05, 0) is 18.2 Å². The summed E-state index contributed by atoms with van der Waals surface area (Å²) in [4.78, 5) is 8.68. The van der Waals surface area contributed by atoms with E-state index in [-0.39, 0.29) is 0 Å². The molecule has 0 saturated carbocycles. The van der Waals surface area contributed by atoms with E-state index in [1.807, 2.05) is 42.6 Å². The number of fused-ring (bicyclic) bond motifs is 1. The Labute approximate surface area is 120 Å². The first-order valence-electron chi connectivity index (χ1n) is 6.36. The zero-order valence-corrected chi connectivity index (χ0v) is 11.0. The lowest BCUT2D eigenvalue weighted by molar-refractivity contribution is 0.405. The Hall–Kier alpha value is -3.02. The lowest BCUT2D eigenvalue weighted by Crippen LogP contribution is -1.85. The largest absolute Gasteiger partial charge is 0.339 e. The summed E-state index contributed by atoms with van der Waals surface area (Å²) in [5.41, 5.74) is 3.47. The van der Waals surface area contributed by atoms with Gasteiger partial charge in [-0.15, -0.1) is 0 Å². The van der Waals surface area contributed by atoms with Crippen LogP contribution in [0.1, 0.15) is 5.89 Å². The second-order valence-corrected chi connectivity index (χ2v) is 4.55. The monoisotopic (exact) mass is 276 g/mol. The van der Waals surface area contributed by atoms with Gasteiger partial charge in [-0.1, -0.05) is 23.4 Å². The highest BCUT2D eigenvalue weighted by Gasteiger charge is 2.09. The highest BCUT2D eigenvalue weighted by Crippen LogP contribution is 2.24. The van der Waals surface area contributed by atoms with E-state index in [2.05, 4.69) is 27.1 Å². The van der Waals surface area contributed by atoms with Gasteiger partial charge in [0, 0.05) is 24.2 Å². The standard InChI is InChI=1S/C15H10N5O/c1-10-17-15(19-21-10)12-5-2-4-11(8-12)13-9-20-14(18-13)6-3-7-16-20/h2-9H,1H2. The van der Waals surface area contributed by atoms with Crippen molar-refractivity contribution in [1.82, 2.24) is 24.7 Å². The summed E-state index contributed by atoms with van der Waals surface area (Å²) < 4.78 is 6.65. The van der Waals surface area contributed by atoms with E-state index in [0.29, 0.717) is 11.7 Å². The number of hydrogen-bond donors (Lipinski definition) is 0. The molecule has 3 aromatic heterocycles. The van der Waals surface area contributed by atoms with Crippen LogP contribution in [-0.2, 0) is 0 Å². The molecular weight excluding hydrogens is 266 g/mol. The van der Waals surface area contributed by atoms with E-state index < -0.39 is 0 Å². The molecule has 1 radical (unpaired) electrons. The third kappa shape index (κ3) is 2.06. The van der Waals surface area contributed by atoms with Crippen molar-refractivity contribution in [3.8, 4) is 22.6 Å². The number of imidazole rings is 1. The van der Waals surface area contributed by atoms with E-state index in [9.17, 15) is 0 Å². The van der Waals surface area contributed by atoms with Gasteiger partial charge in [0.15, 0.2) is 5.65 Å². The van der Waals surface area contributed by atoms with E-state index >= 15 is 0 Å². The summed E-state index contributed by atoms with van der Waals surface area (Å²) in [5, 5.41) is 8.09. The van der Waals surface area contributed by atoms with Crippen LogP contribution in [0.5, 0.6) is 0 Å². The maximum absolute atomic E-state index is 4.91. The van der Waals surface area contributed by atoms with Gasteiger partial charge in [0.1, 0.15) is 0 Å². The van der Waals surface area contributed by atoms with Gasteiger partial charge in [0.05, 0.1) is 11.9 Å². The molecule has 0 fully saturated rings. The SMILES string of the molecule is [CH2]c1nc(-c2cccc(-c3cn4ncccc4n3)c2)no1. The third-order valence-electron chi connectivity index (χ3n) is 3.12. The topological polar surface area (TPSA) is 69.1 Å². The Morgan fingerprint density at radius 2 is 1.95 bits per heavy atom. The molecule has 0 spiro atoms. The molecule has 0 bridgehead atoms. The molecule has 101 valence electrons. The van der Waals surface area contributed by atoms with Crippen molar-refractivity contribution in [2.75, 3.05) is 0 Å². The molecule has 0 N–H and O–H groups in total. The molecule has 0 aliphatic heterocycles. The maximum Gasteiger partial charge on any atom is 0.227 e. The summed E-state index contributed by atoms with van der Waals surface area (Å²) >= 11 is 0. The number of hydrogen-bond acceptors (Lipinski definition) is 5. The van der Waals surface area contributed by atoms with Gasteiger partial charge >= 0.3 is 0 Å². The Kier molecular flexibility index (Phi) is 2.53. The first-order chi connectivity index (χ1) is 10.3. The van der Waals surface area contributed by atoms with Gasteiger partial charge in [-0.3, -0.25) is 0 Å². The van der Waals surface area contributed by atoms with Gasteiger partial charge < -0.3 is 4.52 Å². The molecule has 0 amide bonds. The third-order valence-corrected chi connectivity index (χ3v) is 3.12. The molecule has 0 aliphatic carbocycles. The average Bonchev–Trinajstić information content (AvgIpc) is 3.13. The second-order valence-electron chi connectivity index (χ2n) is 4.55. The van der Waals surface area contributed by atoms with Gasteiger partial charge in [-0.2, -0.15) is 10.1 Å². The maximum atomic E-state index is 4.91. The van der Waals surface area contributed by atoms with Crippen molar-refractivity contribution in [3.63, 3.8) is 0 Å². The smallest absolute Gasteiger partial charge is 0.227 e. The first kappa shape index (κ1) is 11.8. The normalized spacial score (nSPS) is 11.1. The van der Waals surface area contributed by atoms with Crippen LogP contribution < -0.4 is 0 Å². The van der Waals surface area contributed by atoms with Crippen LogP contribution in [0.3, 0.4) is 0 Å². The van der Waals surface area contributed by atoms with Gasteiger partial charge in [0.2, 0.25) is 11.7 Å². The highest BCUT2D eigenvalue weighted by atomic mass is 16.5. The summed E-state index contributed by atoms with van der Waals surface area (Å²) in [5.74, 6) is 0.816. The zero-order valence-electron chi connectivity index (χ0n) is 11.0. The summed E-state index contributed by atoms with van der Waals surface area (Å²) in [6.07, 6.45) is 3.61. The number of aromatic nitrogens is 5. The van der Waals surface area contributed by atoms with Crippen LogP contribution >= 0.6 is 0 Å². The predicted octanol–water partition coefficient (Wildman–Crippen LogP) is 2.63. The van der Waals surface area contributed by atoms with Gasteiger partial charge in [0.25, 0.3) is 0 Å². The lowest BCUT2D eigenvalue weighted by atomic mass is 10.1. The highest BCUT2D eigenvalue weighted by molar-refractivity contribution is 5.69. The molecule has 21 heavy (non-hydrogen) atoms. The number of nitrogens with zero attached hydrogens (tertiary/aromatic N) is 5. The molecule has 3 heterocycles. The van der Waals surface area contributed by atoms with E-state index in [4.69, 9.17) is 4.52 Å². The van der Waals surface area contributed by atoms with Crippen LogP contribution in [-0.4, -0.2) is 24.7 Å². The molecule has 4 rings (SSSR count). The van der Waals surface area contributed by atoms with Crippen LogP contribution in [0.4, 0.5) is 0 Å². The molecule has 6 heteroatoms. The fraction of sp³-hybridized carbons (Fsp3) is 0. The van der Waals surface area contributed by atoms with Crippen molar-refractivity contribution in [3.05, 3.63) is 61.6 Å². The van der Waals surface area contributed by atoms with Crippen molar-refractivity contribution >= 4 is 5.65 Å². The zero-order chi connectivity index (χ0) is 14.2. The molecule has 0 saturated heterocycles. The minimum atomic E-state index is 0.298. The van der Waals surface area contributed by atoms with E-state index in [1.54, 1.807) is 10.7 Å². The predicted molar refractivity (Wildman–Crippen MR) is 76.2 cm³/mol. The van der Waals surface area contributed by atoms with Crippen molar-refractivity contribution in [1.29, 1.82) is 0 Å². The minimum Gasteiger partial charge on any atom is -0.339 e. The molecule has 0 aliphatic rings. The molecular formula is C15H10N5O. The van der Waals surface area contributed by atoms with Crippen molar-refractivity contribution in [2.45, 2.75) is 0 Å². The molecule has 6 nitrogen and oxygen atoms in total. The molecule has 0 atom stereocenters. The van der Waals surface area contributed by atoms with Crippen LogP contribution in [0.15, 0.2) is 53.3 Å². The molecule has 1 aromatic carbocycles. The summed E-state index contributed by atoms with van der Waals surface area (Å²) in [6.45, 7) is 3.61. The fourth-order valence-corrected chi connectivity index (χ4v) is 2.16. The summed E-state index contributed by atoms with van der Waals surface area (Å²) in [6, 6.07) is 11.6. The number of rotatable bonds is 2. The average molecular weight is 276 g/mol. The van der Waals surface area contributed by atoms with E-state index in [0.717, 1.165) is 22.5 Å². The minimum absolute atomic E-state index is 0.298. The number of benzene rings is 1. The van der Waals surface area contributed by atoms with Crippen LogP contribution in [0.2, 0.25) is 0 Å². The Morgan fingerprint density at radius 3 is 2.76 bits per heavy atom. The summed E-state index contributed by atoms with van der Waals surface area (Å²) in [7, 11) is 0. The Morgan fingerprint density at radius 1 is 1.05 bits per heavy atom. The Bertz CT molecular complexity index is 891. The molecule has 0 unspecified atom stereocenters. The van der Waals surface area contributed by atoms with Crippen LogP contribution in [0.25, 0.3) is 28.3 Å². The van der Waals surface area contributed by atoms with Crippen LogP contribution in [0, 0.1) is 6.92 Å². The Balaban J connectivity index is 1.81.